The van der Waals surface area contributed by atoms with Crippen LogP contribution in [0.2, 0.25) is 5.02 Å². The van der Waals surface area contributed by atoms with E-state index in [0.29, 0.717) is 13.0 Å². The van der Waals surface area contributed by atoms with E-state index in [2.05, 4.69) is 4.98 Å². The predicted molar refractivity (Wildman–Crippen MR) is 69.8 cm³/mol. The molecule has 3 N–H and O–H groups in total. The molecule has 18 heavy (non-hydrogen) atoms. The van der Waals surface area contributed by atoms with Gasteiger partial charge in [0.1, 0.15) is 10.7 Å². The van der Waals surface area contributed by atoms with Crippen LogP contribution in [0.5, 0.6) is 0 Å². The Kier molecular flexibility index (Phi) is 5.33. The summed E-state index contributed by atoms with van der Waals surface area (Å²) in [6, 6.07) is 1.28. The second-order valence-electron chi connectivity index (χ2n) is 3.61. The molecule has 0 atom stereocenters. The number of aromatic nitrogens is 1. The number of aliphatic hydroxyl groups excluding tert-OH is 1. The van der Waals surface area contributed by atoms with Crippen molar-refractivity contribution in [3.8, 4) is 0 Å². The van der Waals surface area contributed by atoms with Gasteiger partial charge in [-0.15, -0.1) is 0 Å². The molecule has 8 heteroatoms. The summed E-state index contributed by atoms with van der Waals surface area (Å²) in [5.74, 6) is 0.0917. The predicted octanol–water partition coefficient (Wildman–Crippen LogP) is 0.710. The van der Waals surface area contributed by atoms with E-state index in [9.17, 15) is 8.42 Å². The maximum Gasteiger partial charge on any atom is 0.244 e. The number of hydrogen-bond donors (Lipinski definition) is 2. The van der Waals surface area contributed by atoms with Gasteiger partial charge in [0.25, 0.3) is 0 Å². The van der Waals surface area contributed by atoms with Gasteiger partial charge in [-0.25, -0.2) is 13.4 Å². The average Bonchev–Trinajstić information content (AvgIpc) is 2.33. The number of sulfonamides is 1. The Bertz CT molecular complexity index is 507. The van der Waals surface area contributed by atoms with Crippen LogP contribution < -0.4 is 5.73 Å². The van der Waals surface area contributed by atoms with Gasteiger partial charge in [0.05, 0.1) is 5.02 Å². The topological polar surface area (TPSA) is 96.5 Å². The lowest BCUT2D eigenvalue weighted by atomic mass is 10.4. The first-order valence-electron chi connectivity index (χ1n) is 5.45. The highest BCUT2D eigenvalue weighted by molar-refractivity contribution is 7.89. The fraction of sp³-hybridized carbons (Fsp3) is 0.500. The van der Waals surface area contributed by atoms with Crippen molar-refractivity contribution >= 4 is 27.4 Å². The lowest BCUT2D eigenvalue weighted by Gasteiger charge is -2.20. The molecular formula is C10H16ClN3O3S. The summed E-state index contributed by atoms with van der Waals surface area (Å²) < 4.78 is 25.7. The molecule has 1 heterocycles. The number of halogens is 1. The Hall–Kier alpha value is -0.890. The highest BCUT2D eigenvalue weighted by Crippen LogP contribution is 2.22. The van der Waals surface area contributed by atoms with Crippen molar-refractivity contribution in [3.05, 3.63) is 17.3 Å². The van der Waals surface area contributed by atoms with Gasteiger partial charge in [0, 0.05) is 25.9 Å². The standard InChI is InChI=1S/C10H16ClN3O3S/c1-2-14(4-3-5-15)18(16,17)8-6-9(11)10(12)13-7-8/h6-7,15H,2-5H2,1H3,(H2,12,13). The molecule has 0 aliphatic rings. The van der Waals surface area contributed by atoms with Gasteiger partial charge < -0.3 is 10.8 Å². The van der Waals surface area contributed by atoms with Gasteiger partial charge in [-0.2, -0.15) is 4.31 Å². The van der Waals surface area contributed by atoms with E-state index in [4.69, 9.17) is 22.4 Å². The third kappa shape index (κ3) is 3.32. The molecule has 0 amide bonds. The highest BCUT2D eigenvalue weighted by atomic mass is 35.5. The van der Waals surface area contributed by atoms with Crippen LogP contribution in [0, 0.1) is 0 Å². The summed E-state index contributed by atoms with van der Waals surface area (Å²) in [6.45, 7) is 2.22. The Morgan fingerprint density at radius 3 is 2.72 bits per heavy atom. The summed E-state index contributed by atoms with van der Waals surface area (Å²) >= 11 is 5.76. The number of anilines is 1. The third-order valence-corrected chi connectivity index (χ3v) is 4.64. The second-order valence-corrected chi connectivity index (χ2v) is 5.96. The van der Waals surface area contributed by atoms with E-state index in [-0.39, 0.29) is 28.9 Å². The normalized spacial score (nSPS) is 12.0. The van der Waals surface area contributed by atoms with Crippen LogP contribution >= 0.6 is 11.6 Å². The number of pyridine rings is 1. The van der Waals surface area contributed by atoms with Crippen molar-refractivity contribution < 1.29 is 13.5 Å². The minimum atomic E-state index is -3.64. The van der Waals surface area contributed by atoms with Crippen LogP contribution in [-0.2, 0) is 10.0 Å². The number of nitrogens with two attached hydrogens (primary N) is 1. The highest BCUT2D eigenvalue weighted by Gasteiger charge is 2.23. The SMILES string of the molecule is CCN(CCCO)S(=O)(=O)c1cnc(N)c(Cl)c1. The van der Waals surface area contributed by atoms with Crippen molar-refractivity contribution in [2.45, 2.75) is 18.2 Å². The number of nitrogen functional groups attached to an aromatic ring is 1. The summed E-state index contributed by atoms with van der Waals surface area (Å²) in [5, 5.41) is 8.86. The van der Waals surface area contributed by atoms with E-state index in [1.807, 2.05) is 0 Å². The smallest absolute Gasteiger partial charge is 0.244 e. The van der Waals surface area contributed by atoms with E-state index in [1.165, 1.54) is 16.6 Å². The minimum absolute atomic E-state index is 0.00138. The summed E-state index contributed by atoms with van der Waals surface area (Å²) in [5.41, 5.74) is 5.44. The Morgan fingerprint density at radius 1 is 1.56 bits per heavy atom. The molecule has 1 aromatic rings. The van der Waals surface area contributed by atoms with E-state index in [1.54, 1.807) is 6.92 Å². The van der Waals surface area contributed by atoms with Gasteiger partial charge >= 0.3 is 0 Å². The Balaban J connectivity index is 3.06. The van der Waals surface area contributed by atoms with Crippen LogP contribution in [0.15, 0.2) is 17.2 Å². The molecule has 0 saturated carbocycles. The Labute approximate surface area is 111 Å². The summed E-state index contributed by atoms with van der Waals surface area (Å²) in [7, 11) is -3.64. The first kappa shape index (κ1) is 15.2. The van der Waals surface area contributed by atoms with Crippen LogP contribution in [0.3, 0.4) is 0 Å². The van der Waals surface area contributed by atoms with Gasteiger partial charge in [0.15, 0.2) is 0 Å². The fourth-order valence-electron chi connectivity index (χ4n) is 1.42. The molecule has 0 fully saturated rings. The number of nitrogens with zero attached hydrogens (tertiary/aromatic N) is 2. The molecule has 102 valence electrons. The van der Waals surface area contributed by atoms with Crippen LogP contribution in [-0.4, -0.2) is 42.5 Å². The maximum atomic E-state index is 12.2. The van der Waals surface area contributed by atoms with Gasteiger partial charge in [-0.05, 0) is 12.5 Å². The first-order chi connectivity index (χ1) is 8.43. The Morgan fingerprint density at radius 2 is 2.22 bits per heavy atom. The van der Waals surface area contributed by atoms with Crippen molar-refractivity contribution in [2.75, 3.05) is 25.4 Å². The van der Waals surface area contributed by atoms with Gasteiger partial charge in [0.2, 0.25) is 10.0 Å². The van der Waals surface area contributed by atoms with Crippen LogP contribution in [0.25, 0.3) is 0 Å². The molecule has 0 radical (unpaired) electrons. The van der Waals surface area contributed by atoms with Crippen molar-refractivity contribution in [2.24, 2.45) is 0 Å². The molecule has 0 saturated heterocycles. The molecule has 1 aromatic heterocycles. The molecule has 1 rings (SSSR count). The van der Waals surface area contributed by atoms with Gasteiger partial charge in [-0.3, -0.25) is 0 Å². The lowest BCUT2D eigenvalue weighted by Crippen LogP contribution is -2.32. The zero-order valence-electron chi connectivity index (χ0n) is 10.0. The molecule has 0 aromatic carbocycles. The van der Waals surface area contributed by atoms with Crippen LogP contribution in [0.4, 0.5) is 5.82 Å². The lowest BCUT2D eigenvalue weighted by molar-refractivity contribution is 0.271. The molecule has 0 unspecified atom stereocenters. The monoisotopic (exact) mass is 293 g/mol. The van der Waals surface area contributed by atoms with E-state index in [0.717, 1.165) is 0 Å². The van der Waals surface area contributed by atoms with Crippen LogP contribution in [0.1, 0.15) is 13.3 Å². The van der Waals surface area contributed by atoms with Gasteiger partial charge in [-0.1, -0.05) is 18.5 Å². The number of rotatable bonds is 6. The average molecular weight is 294 g/mol. The molecule has 0 spiro atoms. The molecule has 0 bridgehead atoms. The molecule has 0 aliphatic carbocycles. The molecular weight excluding hydrogens is 278 g/mol. The maximum absolute atomic E-state index is 12.2. The van der Waals surface area contributed by atoms with E-state index < -0.39 is 10.0 Å². The summed E-state index contributed by atoms with van der Waals surface area (Å²) in [4.78, 5) is 3.73. The number of aliphatic hydroxyl groups is 1. The summed E-state index contributed by atoms with van der Waals surface area (Å²) in [6.07, 6.45) is 1.56. The van der Waals surface area contributed by atoms with Crippen molar-refractivity contribution in [1.82, 2.24) is 9.29 Å². The second kappa shape index (κ2) is 6.33. The van der Waals surface area contributed by atoms with Crippen molar-refractivity contribution in [3.63, 3.8) is 0 Å². The molecule has 6 nitrogen and oxygen atoms in total. The zero-order valence-corrected chi connectivity index (χ0v) is 11.6. The third-order valence-electron chi connectivity index (χ3n) is 2.40. The first-order valence-corrected chi connectivity index (χ1v) is 7.27. The minimum Gasteiger partial charge on any atom is -0.396 e. The quantitative estimate of drug-likeness (QED) is 0.805. The van der Waals surface area contributed by atoms with E-state index >= 15 is 0 Å². The number of hydrogen-bond acceptors (Lipinski definition) is 5. The molecule has 0 aliphatic heterocycles. The van der Waals surface area contributed by atoms with Crippen molar-refractivity contribution in [1.29, 1.82) is 0 Å². The largest absolute Gasteiger partial charge is 0.396 e. The zero-order chi connectivity index (χ0) is 13.8. The fourth-order valence-corrected chi connectivity index (χ4v) is 3.11.